The Morgan fingerprint density at radius 2 is 1.66 bits per heavy atom. The zero-order valence-electron chi connectivity index (χ0n) is 17.6. The minimum atomic E-state index is -0.0951. The molecule has 0 atom stereocenters. The SMILES string of the molecule is COc1cc(/C=C/C(=O)c2ccc(Nc3ccnc4cc(Cl)ccc34)cc2)cc(OC)c1. The minimum Gasteiger partial charge on any atom is -0.497 e. The lowest BCUT2D eigenvalue weighted by Crippen LogP contribution is -1.96. The standard InChI is InChI=1S/C26H21ClN2O3/c1-31-21-13-17(14-22(16-21)32-2)3-10-26(30)18-4-7-20(8-5-18)29-24-11-12-28-25-15-19(27)6-9-23(24)25/h3-16H,1-2H3,(H,28,29)/b10-3+. The first kappa shape index (κ1) is 21.4. The predicted octanol–water partition coefficient (Wildman–Crippen LogP) is 6.55. The monoisotopic (exact) mass is 444 g/mol. The molecule has 0 bridgehead atoms. The van der Waals surface area contributed by atoms with Gasteiger partial charge in [-0.3, -0.25) is 9.78 Å². The van der Waals surface area contributed by atoms with Crippen LogP contribution in [0.1, 0.15) is 15.9 Å². The number of fused-ring (bicyclic) bond motifs is 1. The van der Waals surface area contributed by atoms with Crippen molar-refractivity contribution in [3.05, 3.63) is 95.2 Å². The molecule has 1 heterocycles. The molecule has 6 heteroatoms. The van der Waals surface area contributed by atoms with E-state index in [9.17, 15) is 4.79 Å². The summed E-state index contributed by atoms with van der Waals surface area (Å²) in [7, 11) is 3.18. The van der Waals surface area contributed by atoms with Crippen molar-refractivity contribution in [3.63, 3.8) is 0 Å². The maximum absolute atomic E-state index is 12.6. The molecule has 0 aliphatic rings. The highest BCUT2D eigenvalue weighted by Crippen LogP contribution is 2.27. The molecule has 160 valence electrons. The van der Waals surface area contributed by atoms with Gasteiger partial charge in [-0.25, -0.2) is 0 Å². The molecule has 0 amide bonds. The van der Waals surface area contributed by atoms with E-state index in [0.29, 0.717) is 22.1 Å². The van der Waals surface area contributed by atoms with Crippen LogP contribution in [-0.4, -0.2) is 25.0 Å². The lowest BCUT2D eigenvalue weighted by Gasteiger charge is -2.10. The van der Waals surface area contributed by atoms with Gasteiger partial charge in [0, 0.05) is 39.6 Å². The van der Waals surface area contributed by atoms with Crippen LogP contribution in [0.2, 0.25) is 5.02 Å². The zero-order valence-corrected chi connectivity index (χ0v) is 18.4. The van der Waals surface area contributed by atoms with Crippen LogP contribution >= 0.6 is 11.6 Å². The molecule has 3 aromatic carbocycles. The Labute approximate surface area is 191 Å². The molecule has 0 radical (unpaired) electrons. The van der Waals surface area contributed by atoms with Crippen molar-refractivity contribution in [2.24, 2.45) is 0 Å². The van der Waals surface area contributed by atoms with Crippen molar-refractivity contribution in [1.29, 1.82) is 0 Å². The number of carbonyl (C=O) groups is 1. The molecule has 32 heavy (non-hydrogen) atoms. The Morgan fingerprint density at radius 3 is 2.34 bits per heavy atom. The van der Waals surface area contributed by atoms with Crippen molar-refractivity contribution >= 4 is 45.7 Å². The van der Waals surface area contributed by atoms with Crippen LogP contribution in [0.4, 0.5) is 11.4 Å². The minimum absolute atomic E-state index is 0.0951. The van der Waals surface area contributed by atoms with Crippen LogP contribution in [0.15, 0.2) is 79.0 Å². The number of benzene rings is 3. The zero-order chi connectivity index (χ0) is 22.5. The number of rotatable bonds is 7. The average Bonchev–Trinajstić information content (AvgIpc) is 2.82. The van der Waals surface area contributed by atoms with Crippen LogP contribution in [-0.2, 0) is 0 Å². The Kier molecular flexibility index (Phi) is 6.38. The lowest BCUT2D eigenvalue weighted by atomic mass is 10.1. The Balaban J connectivity index is 1.49. The van der Waals surface area contributed by atoms with E-state index in [1.165, 1.54) is 6.08 Å². The summed E-state index contributed by atoms with van der Waals surface area (Å²) in [5, 5.41) is 4.99. The molecule has 1 aromatic heterocycles. The summed E-state index contributed by atoms with van der Waals surface area (Å²) in [5.74, 6) is 1.23. The summed E-state index contributed by atoms with van der Waals surface area (Å²) in [6.45, 7) is 0. The largest absolute Gasteiger partial charge is 0.497 e. The Bertz CT molecular complexity index is 1280. The van der Waals surface area contributed by atoms with Crippen LogP contribution in [0, 0.1) is 0 Å². The summed E-state index contributed by atoms with van der Waals surface area (Å²) < 4.78 is 10.5. The number of nitrogens with zero attached hydrogens (tertiary/aromatic N) is 1. The van der Waals surface area contributed by atoms with E-state index in [2.05, 4.69) is 10.3 Å². The first-order chi connectivity index (χ1) is 15.6. The van der Waals surface area contributed by atoms with E-state index in [-0.39, 0.29) is 5.78 Å². The number of halogens is 1. The van der Waals surface area contributed by atoms with Gasteiger partial charge in [0.05, 0.1) is 19.7 Å². The van der Waals surface area contributed by atoms with Gasteiger partial charge in [-0.1, -0.05) is 17.7 Å². The third kappa shape index (κ3) is 4.90. The molecule has 5 nitrogen and oxygen atoms in total. The van der Waals surface area contributed by atoms with Gasteiger partial charge in [0.2, 0.25) is 0 Å². The molecule has 0 aliphatic carbocycles. The van der Waals surface area contributed by atoms with Gasteiger partial charge in [0.25, 0.3) is 0 Å². The number of nitrogens with one attached hydrogen (secondary N) is 1. The second-order valence-corrected chi connectivity index (χ2v) is 7.50. The smallest absolute Gasteiger partial charge is 0.185 e. The third-order valence-electron chi connectivity index (χ3n) is 4.95. The number of aromatic nitrogens is 1. The average molecular weight is 445 g/mol. The molecule has 4 rings (SSSR count). The number of anilines is 2. The first-order valence-electron chi connectivity index (χ1n) is 9.92. The molecule has 1 N–H and O–H groups in total. The predicted molar refractivity (Wildman–Crippen MR) is 129 cm³/mol. The second kappa shape index (κ2) is 9.54. The van der Waals surface area contributed by atoms with E-state index >= 15 is 0 Å². The summed E-state index contributed by atoms with van der Waals surface area (Å²) in [5.41, 5.74) is 4.00. The van der Waals surface area contributed by atoms with Crippen molar-refractivity contribution in [3.8, 4) is 11.5 Å². The van der Waals surface area contributed by atoms with E-state index in [4.69, 9.17) is 21.1 Å². The van der Waals surface area contributed by atoms with Crippen LogP contribution in [0.5, 0.6) is 11.5 Å². The van der Waals surface area contributed by atoms with Crippen LogP contribution in [0.3, 0.4) is 0 Å². The molecule has 0 aliphatic heterocycles. The van der Waals surface area contributed by atoms with E-state index in [0.717, 1.165) is 27.8 Å². The number of pyridine rings is 1. The molecular formula is C26H21ClN2O3. The van der Waals surface area contributed by atoms with Gasteiger partial charge < -0.3 is 14.8 Å². The van der Waals surface area contributed by atoms with Crippen LogP contribution < -0.4 is 14.8 Å². The number of ether oxygens (including phenoxy) is 2. The highest BCUT2D eigenvalue weighted by Gasteiger charge is 2.06. The van der Waals surface area contributed by atoms with Crippen LogP contribution in [0.25, 0.3) is 17.0 Å². The molecule has 0 saturated carbocycles. The van der Waals surface area contributed by atoms with Gasteiger partial charge in [-0.05, 0) is 72.3 Å². The molecular weight excluding hydrogens is 424 g/mol. The quantitative estimate of drug-likeness (QED) is 0.259. The summed E-state index contributed by atoms with van der Waals surface area (Å²) in [6.07, 6.45) is 5.02. The molecule has 0 fully saturated rings. The Morgan fingerprint density at radius 1 is 0.938 bits per heavy atom. The molecule has 0 saturated heterocycles. The summed E-state index contributed by atoms with van der Waals surface area (Å²) in [6, 6.07) is 20.3. The third-order valence-corrected chi connectivity index (χ3v) is 5.19. The van der Waals surface area contributed by atoms with Crippen molar-refractivity contribution < 1.29 is 14.3 Å². The van der Waals surface area contributed by atoms with E-state index < -0.39 is 0 Å². The number of methoxy groups -OCH3 is 2. The topological polar surface area (TPSA) is 60.5 Å². The van der Waals surface area contributed by atoms with Crippen molar-refractivity contribution in [1.82, 2.24) is 4.98 Å². The van der Waals surface area contributed by atoms with E-state index in [1.54, 1.807) is 44.7 Å². The number of hydrogen-bond acceptors (Lipinski definition) is 5. The lowest BCUT2D eigenvalue weighted by molar-refractivity contribution is 0.104. The first-order valence-corrected chi connectivity index (χ1v) is 10.3. The van der Waals surface area contributed by atoms with E-state index in [1.807, 2.05) is 48.5 Å². The van der Waals surface area contributed by atoms with Crippen molar-refractivity contribution in [2.45, 2.75) is 0 Å². The highest BCUT2D eigenvalue weighted by atomic mass is 35.5. The van der Waals surface area contributed by atoms with Gasteiger partial charge >= 0.3 is 0 Å². The van der Waals surface area contributed by atoms with Gasteiger partial charge in [-0.2, -0.15) is 0 Å². The summed E-state index contributed by atoms with van der Waals surface area (Å²) >= 11 is 6.06. The van der Waals surface area contributed by atoms with Crippen molar-refractivity contribution in [2.75, 3.05) is 19.5 Å². The Hall–Kier alpha value is -3.83. The fourth-order valence-electron chi connectivity index (χ4n) is 3.30. The van der Waals surface area contributed by atoms with Gasteiger partial charge in [-0.15, -0.1) is 0 Å². The molecule has 0 spiro atoms. The normalized spacial score (nSPS) is 11.0. The second-order valence-electron chi connectivity index (χ2n) is 7.07. The van der Waals surface area contributed by atoms with Gasteiger partial charge in [0.1, 0.15) is 11.5 Å². The maximum Gasteiger partial charge on any atom is 0.185 e. The number of carbonyl (C=O) groups excluding carboxylic acids is 1. The van der Waals surface area contributed by atoms with Gasteiger partial charge in [0.15, 0.2) is 5.78 Å². The maximum atomic E-state index is 12.6. The highest BCUT2D eigenvalue weighted by molar-refractivity contribution is 6.31. The number of hydrogen-bond donors (Lipinski definition) is 1. The fraction of sp³-hybridized carbons (Fsp3) is 0.0769. The molecule has 4 aromatic rings. The number of ketones is 1. The number of allylic oxidation sites excluding steroid dienone is 1. The molecule has 0 unspecified atom stereocenters. The summed E-state index contributed by atoms with van der Waals surface area (Å²) in [4.78, 5) is 17.0. The fourth-order valence-corrected chi connectivity index (χ4v) is 3.46.